The van der Waals surface area contributed by atoms with E-state index in [1.54, 1.807) is 17.3 Å². The number of hydrogen-bond donors (Lipinski definition) is 2. The van der Waals surface area contributed by atoms with Crippen molar-refractivity contribution in [3.05, 3.63) is 61.2 Å². The normalized spacial score (nSPS) is 16.1. The lowest BCUT2D eigenvalue weighted by atomic mass is 10.1. The van der Waals surface area contributed by atoms with Gasteiger partial charge in [0.05, 0.1) is 0 Å². The number of H-pyrrole nitrogens is 1. The zero-order chi connectivity index (χ0) is 20.2. The molecular weight excluding hydrogens is 366 g/mol. The maximum Gasteiger partial charge on any atom is 0.246 e. The summed E-state index contributed by atoms with van der Waals surface area (Å²) in [5.74, 6) is -0.296. The van der Waals surface area contributed by atoms with Gasteiger partial charge in [0.1, 0.15) is 11.7 Å². The molecule has 0 saturated carbocycles. The Balaban J connectivity index is 1.42. The lowest BCUT2D eigenvalue weighted by Crippen LogP contribution is -2.45. The molecule has 3 aromatic heterocycles. The summed E-state index contributed by atoms with van der Waals surface area (Å²) in [6.45, 7) is 4.61. The number of hydrogen-bond acceptors (Lipinski definition) is 4. The molecule has 1 unspecified atom stereocenters. The van der Waals surface area contributed by atoms with Gasteiger partial charge in [-0.05, 0) is 42.7 Å². The number of nitrogens with zero attached hydrogens (tertiary/aromatic N) is 3. The predicted molar refractivity (Wildman–Crippen MR) is 111 cm³/mol. The van der Waals surface area contributed by atoms with Crippen LogP contribution in [-0.2, 0) is 16.0 Å². The van der Waals surface area contributed by atoms with Crippen molar-refractivity contribution in [3.8, 4) is 11.1 Å². The van der Waals surface area contributed by atoms with Gasteiger partial charge in [0, 0.05) is 54.7 Å². The third-order valence-electron chi connectivity index (χ3n) is 5.27. The molecule has 0 spiro atoms. The van der Waals surface area contributed by atoms with Crippen LogP contribution in [0.25, 0.3) is 22.2 Å². The van der Waals surface area contributed by atoms with E-state index in [0.717, 1.165) is 34.3 Å². The van der Waals surface area contributed by atoms with Crippen molar-refractivity contribution >= 4 is 22.8 Å². The molecule has 0 aliphatic carbocycles. The second kappa shape index (κ2) is 8.26. The van der Waals surface area contributed by atoms with Crippen molar-refractivity contribution < 1.29 is 9.59 Å². The minimum Gasteiger partial charge on any atom is -0.354 e. The smallest absolute Gasteiger partial charge is 0.246 e. The van der Waals surface area contributed by atoms with E-state index in [2.05, 4.69) is 32.9 Å². The minimum atomic E-state index is -0.401. The molecular formula is C22H23N5O2. The maximum absolute atomic E-state index is 12.5. The summed E-state index contributed by atoms with van der Waals surface area (Å²) in [6.07, 6.45) is 8.80. The number of amides is 2. The Morgan fingerprint density at radius 1 is 1.34 bits per heavy atom. The Kier molecular flexibility index (Phi) is 5.37. The van der Waals surface area contributed by atoms with E-state index in [4.69, 9.17) is 0 Å². The molecule has 2 N–H and O–H groups in total. The highest BCUT2D eigenvalue weighted by Gasteiger charge is 2.32. The number of nitrogens with one attached hydrogen (secondary N) is 2. The van der Waals surface area contributed by atoms with Gasteiger partial charge in [-0.2, -0.15) is 0 Å². The summed E-state index contributed by atoms with van der Waals surface area (Å²) in [6, 6.07) is 7.58. The van der Waals surface area contributed by atoms with Crippen molar-refractivity contribution in [2.24, 2.45) is 0 Å². The average Bonchev–Trinajstić information content (AvgIpc) is 3.40. The topological polar surface area (TPSA) is 91.0 Å². The monoisotopic (exact) mass is 389 g/mol. The van der Waals surface area contributed by atoms with Crippen LogP contribution in [0.2, 0.25) is 0 Å². The van der Waals surface area contributed by atoms with Gasteiger partial charge in [-0.15, -0.1) is 0 Å². The number of likely N-dealkylation sites (tertiary alicyclic amines) is 1. The van der Waals surface area contributed by atoms with Crippen LogP contribution in [0.5, 0.6) is 0 Å². The number of aromatic amines is 1. The fourth-order valence-electron chi connectivity index (χ4n) is 3.85. The molecule has 1 aliphatic heterocycles. The Bertz CT molecular complexity index is 1040. The molecule has 1 atom stereocenters. The Hall–Kier alpha value is -3.48. The first-order chi connectivity index (χ1) is 14.2. The lowest BCUT2D eigenvalue weighted by Gasteiger charge is -2.22. The van der Waals surface area contributed by atoms with E-state index in [1.807, 2.05) is 24.4 Å². The fourth-order valence-corrected chi connectivity index (χ4v) is 3.85. The van der Waals surface area contributed by atoms with Crippen molar-refractivity contribution in [3.63, 3.8) is 0 Å². The molecule has 1 fully saturated rings. The first kappa shape index (κ1) is 18.9. The zero-order valence-electron chi connectivity index (χ0n) is 16.1. The molecule has 7 nitrogen and oxygen atoms in total. The van der Waals surface area contributed by atoms with Gasteiger partial charge in [-0.3, -0.25) is 14.6 Å². The van der Waals surface area contributed by atoms with E-state index < -0.39 is 6.04 Å². The predicted octanol–water partition coefficient (Wildman–Crippen LogP) is 2.46. The van der Waals surface area contributed by atoms with Gasteiger partial charge in [0.2, 0.25) is 11.8 Å². The third kappa shape index (κ3) is 3.89. The minimum absolute atomic E-state index is 0.108. The van der Waals surface area contributed by atoms with Gasteiger partial charge >= 0.3 is 0 Å². The standard InChI is InChI=1S/C22H23N5O2/c1-2-20(28)27-12-4-6-19(27)22(29)25-10-7-16-13-18-17(8-11-24-21(18)26-16)15-5-3-9-23-14-15/h2-3,5,8-9,11,13-14,19H,1,4,6-7,10,12H2,(H,24,26)(H,25,29). The summed E-state index contributed by atoms with van der Waals surface area (Å²) in [5, 5.41) is 3.98. The molecule has 7 heteroatoms. The number of carbonyl (C=O) groups is 2. The molecule has 1 saturated heterocycles. The average molecular weight is 389 g/mol. The van der Waals surface area contributed by atoms with Crippen molar-refractivity contribution in [2.45, 2.75) is 25.3 Å². The van der Waals surface area contributed by atoms with Crippen molar-refractivity contribution in [2.75, 3.05) is 13.1 Å². The first-order valence-electron chi connectivity index (χ1n) is 9.75. The third-order valence-corrected chi connectivity index (χ3v) is 5.27. The van der Waals surface area contributed by atoms with Gasteiger partial charge in [-0.25, -0.2) is 4.98 Å². The summed E-state index contributed by atoms with van der Waals surface area (Å²) in [4.78, 5) is 37.9. The summed E-state index contributed by atoms with van der Waals surface area (Å²) in [7, 11) is 0. The maximum atomic E-state index is 12.5. The summed E-state index contributed by atoms with van der Waals surface area (Å²) < 4.78 is 0. The molecule has 0 aromatic carbocycles. The number of fused-ring (bicyclic) bond motifs is 1. The van der Waals surface area contributed by atoms with Crippen molar-refractivity contribution in [1.82, 2.24) is 25.2 Å². The van der Waals surface area contributed by atoms with Gasteiger partial charge in [0.25, 0.3) is 0 Å². The number of rotatable bonds is 6. The molecule has 0 radical (unpaired) electrons. The second-order valence-electron chi connectivity index (χ2n) is 7.09. The van der Waals surface area contributed by atoms with Gasteiger partial charge in [0.15, 0.2) is 0 Å². The zero-order valence-corrected chi connectivity index (χ0v) is 16.1. The Morgan fingerprint density at radius 2 is 2.24 bits per heavy atom. The van der Waals surface area contributed by atoms with Crippen LogP contribution in [0, 0.1) is 0 Å². The van der Waals surface area contributed by atoms with Crippen LogP contribution < -0.4 is 5.32 Å². The van der Waals surface area contributed by atoms with Crippen molar-refractivity contribution in [1.29, 1.82) is 0 Å². The van der Waals surface area contributed by atoms with E-state index in [9.17, 15) is 9.59 Å². The van der Waals surface area contributed by atoms with Gasteiger partial charge in [-0.1, -0.05) is 12.6 Å². The molecule has 4 heterocycles. The van der Waals surface area contributed by atoms with Crippen LogP contribution >= 0.6 is 0 Å². The number of pyridine rings is 2. The van der Waals surface area contributed by atoms with E-state index in [0.29, 0.717) is 25.9 Å². The van der Waals surface area contributed by atoms with Crippen LogP contribution in [0.3, 0.4) is 0 Å². The summed E-state index contributed by atoms with van der Waals surface area (Å²) in [5.41, 5.74) is 3.91. The lowest BCUT2D eigenvalue weighted by molar-refractivity contribution is -0.135. The molecule has 1 aliphatic rings. The van der Waals surface area contributed by atoms with Crippen LogP contribution in [-0.4, -0.2) is 50.8 Å². The quantitative estimate of drug-likeness (QED) is 0.634. The SMILES string of the molecule is C=CC(=O)N1CCCC1C(=O)NCCc1cc2c(-c3cccnc3)ccnc2[nH]1. The fraction of sp³-hybridized carbons (Fsp3) is 0.273. The van der Waals surface area contributed by atoms with Crippen LogP contribution in [0.1, 0.15) is 18.5 Å². The highest BCUT2D eigenvalue weighted by Crippen LogP contribution is 2.27. The Morgan fingerprint density at radius 3 is 3.03 bits per heavy atom. The Labute approximate surface area is 168 Å². The molecule has 29 heavy (non-hydrogen) atoms. The van der Waals surface area contributed by atoms with E-state index in [1.165, 1.54) is 6.08 Å². The highest BCUT2D eigenvalue weighted by molar-refractivity contribution is 5.94. The molecule has 148 valence electrons. The summed E-state index contributed by atoms with van der Waals surface area (Å²) >= 11 is 0. The first-order valence-corrected chi connectivity index (χ1v) is 9.75. The largest absolute Gasteiger partial charge is 0.354 e. The van der Waals surface area contributed by atoms with Crippen LogP contribution in [0.4, 0.5) is 0 Å². The number of carbonyl (C=O) groups excluding carboxylic acids is 2. The van der Waals surface area contributed by atoms with E-state index in [-0.39, 0.29) is 11.8 Å². The molecule has 3 aromatic rings. The number of aromatic nitrogens is 3. The molecule has 4 rings (SSSR count). The van der Waals surface area contributed by atoms with E-state index >= 15 is 0 Å². The highest BCUT2D eigenvalue weighted by atomic mass is 16.2. The van der Waals surface area contributed by atoms with Crippen LogP contribution in [0.15, 0.2) is 55.5 Å². The molecule has 2 amide bonds. The second-order valence-corrected chi connectivity index (χ2v) is 7.09. The molecule has 0 bridgehead atoms. The van der Waals surface area contributed by atoms with Gasteiger partial charge < -0.3 is 15.2 Å².